The summed E-state index contributed by atoms with van der Waals surface area (Å²) in [5.41, 5.74) is 3.71. The number of hydrogen-bond donors (Lipinski definition) is 1. The highest BCUT2D eigenvalue weighted by molar-refractivity contribution is 5.95. The van der Waals surface area contributed by atoms with Gasteiger partial charge in [0.15, 0.2) is 0 Å². The predicted octanol–water partition coefficient (Wildman–Crippen LogP) is 3.94. The molecule has 1 aliphatic heterocycles. The second kappa shape index (κ2) is 8.49. The van der Waals surface area contributed by atoms with Crippen molar-refractivity contribution < 1.29 is 9.18 Å². The monoisotopic (exact) mass is 405 g/mol. The molecule has 0 radical (unpaired) electrons. The second-order valence-electron chi connectivity index (χ2n) is 7.41. The van der Waals surface area contributed by atoms with Crippen LogP contribution in [0.2, 0.25) is 0 Å². The Kier molecular flexibility index (Phi) is 5.61. The van der Waals surface area contributed by atoms with Crippen LogP contribution in [0.25, 0.3) is 0 Å². The number of carbonyl (C=O) groups is 1. The summed E-state index contributed by atoms with van der Waals surface area (Å²) >= 11 is 0. The molecular weight excluding hydrogens is 381 g/mol. The molecule has 1 fully saturated rings. The Balaban J connectivity index is 1.43. The van der Waals surface area contributed by atoms with E-state index in [0.717, 1.165) is 17.1 Å². The summed E-state index contributed by atoms with van der Waals surface area (Å²) in [5.74, 6) is 0.244. The van der Waals surface area contributed by atoms with Gasteiger partial charge in [0.2, 0.25) is 5.95 Å². The van der Waals surface area contributed by atoms with Crippen LogP contribution in [0.1, 0.15) is 21.7 Å². The standard InChI is InChI=1S/C23H24FN5O/c1-16-14-17(2)26-23(25-16)27-19-7-5-6-18(15-19)22(30)29-12-10-28(11-13-29)21-9-4-3-8-20(21)24/h3-9,14-15H,10-13H2,1-2H3,(H,25,26,27). The van der Waals surface area contributed by atoms with E-state index in [4.69, 9.17) is 0 Å². The molecule has 2 aromatic carbocycles. The minimum absolute atomic E-state index is 0.0341. The van der Waals surface area contributed by atoms with Gasteiger partial charge in [0.25, 0.3) is 5.91 Å². The summed E-state index contributed by atoms with van der Waals surface area (Å²) in [5, 5.41) is 3.18. The van der Waals surface area contributed by atoms with Gasteiger partial charge in [-0.2, -0.15) is 0 Å². The van der Waals surface area contributed by atoms with Crippen LogP contribution in [0, 0.1) is 19.7 Å². The van der Waals surface area contributed by atoms with Crippen molar-refractivity contribution >= 4 is 23.2 Å². The highest BCUT2D eigenvalue weighted by Crippen LogP contribution is 2.22. The molecule has 4 rings (SSSR count). The molecule has 0 aliphatic carbocycles. The van der Waals surface area contributed by atoms with Gasteiger partial charge in [-0.05, 0) is 50.2 Å². The largest absolute Gasteiger partial charge is 0.366 e. The van der Waals surface area contributed by atoms with Crippen molar-refractivity contribution in [3.63, 3.8) is 0 Å². The molecule has 1 amide bonds. The van der Waals surface area contributed by atoms with Gasteiger partial charge in [-0.15, -0.1) is 0 Å². The maximum Gasteiger partial charge on any atom is 0.254 e. The molecule has 1 aromatic heterocycles. The molecule has 1 saturated heterocycles. The van der Waals surface area contributed by atoms with Gasteiger partial charge in [0.05, 0.1) is 5.69 Å². The second-order valence-corrected chi connectivity index (χ2v) is 7.41. The number of nitrogens with zero attached hydrogens (tertiary/aromatic N) is 4. The quantitative estimate of drug-likeness (QED) is 0.713. The zero-order chi connectivity index (χ0) is 21.1. The Bertz CT molecular complexity index is 1040. The fourth-order valence-corrected chi connectivity index (χ4v) is 3.68. The van der Waals surface area contributed by atoms with Crippen molar-refractivity contribution in [3.8, 4) is 0 Å². The third-order valence-electron chi connectivity index (χ3n) is 5.11. The molecule has 0 saturated carbocycles. The topological polar surface area (TPSA) is 61.4 Å². The van der Waals surface area contributed by atoms with Crippen LogP contribution in [0.15, 0.2) is 54.6 Å². The first-order valence-electron chi connectivity index (χ1n) is 9.98. The average molecular weight is 405 g/mol. The number of carbonyl (C=O) groups excluding carboxylic acids is 1. The first-order chi connectivity index (χ1) is 14.5. The summed E-state index contributed by atoms with van der Waals surface area (Å²) in [7, 11) is 0. The maximum atomic E-state index is 14.0. The lowest BCUT2D eigenvalue weighted by atomic mass is 10.1. The number of hydrogen-bond acceptors (Lipinski definition) is 5. The van der Waals surface area contributed by atoms with Crippen LogP contribution in [0.4, 0.5) is 21.7 Å². The molecule has 0 bridgehead atoms. The van der Waals surface area contributed by atoms with Crippen molar-refractivity contribution in [1.82, 2.24) is 14.9 Å². The summed E-state index contributed by atoms with van der Waals surface area (Å²) in [6.45, 7) is 6.12. The lowest BCUT2D eigenvalue weighted by Crippen LogP contribution is -2.49. The molecule has 0 atom stereocenters. The predicted molar refractivity (Wildman–Crippen MR) is 116 cm³/mol. The minimum atomic E-state index is -0.232. The van der Waals surface area contributed by atoms with Crippen molar-refractivity contribution in [3.05, 3.63) is 77.4 Å². The molecule has 2 heterocycles. The maximum absolute atomic E-state index is 14.0. The van der Waals surface area contributed by atoms with Crippen molar-refractivity contribution in [2.24, 2.45) is 0 Å². The van der Waals surface area contributed by atoms with Crippen LogP contribution >= 0.6 is 0 Å². The number of para-hydroxylation sites is 1. The molecule has 1 N–H and O–H groups in total. The normalized spacial score (nSPS) is 14.0. The first-order valence-corrected chi connectivity index (χ1v) is 9.98. The van der Waals surface area contributed by atoms with Gasteiger partial charge < -0.3 is 15.1 Å². The van der Waals surface area contributed by atoms with Crippen molar-refractivity contribution in [2.75, 3.05) is 36.4 Å². The van der Waals surface area contributed by atoms with Gasteiger partial charge in [-0.25, -0.2) is 14.4 Å². The molecule has 7 heteroatoms. The molecule has 154 valence electrons. The smallest absolute Gasteiger partial charge is 0.254 e. The molecular formula is C23H24FN5O. The summed E-state index contributed by atoms with van der Waals surface area (Å²) in [6.07, 6.45) is 0. The van der Waals surface area contributed by atoms with Crippen molar-refractivity contribution in [2.45, 2.75) is 13.8 Å². The van der Waals surface area contributed by atoms with Gasteiger partial charge in [-0.3, -0.25) is 4.79 Å². The number of halogens is 1. The number of anilines is 3. The van der Waals surface area contributed by atoms with Crippen LogP contribution in [0.3, 0.4) is 0 Å². The van der Waals surface area contributed by atoms with E-state index in [1.54, 1.807) is 18.2 Å². The lowest BCUT2D eigenvalue weighted by molar-refractivity contribution is 0.0746. The third kappa shape index (κ3) is 4.40. The fourth-order valence-electron chi connectivity index (χ4n) is 3.68. The number of rotatable bonds is 4. The number of piperazine rings is 1. The number of aryl methyl sites for hydroxylation is 2. The molecule has 6 nitrogen and oxygen atoms in total. The van der Waals surface area contributed by atoms with Gasteiger partial charge in [-0.1, -0.05) is 18.2 Å². The molecule has 1 aliphatic rings. The molecule has 0 unspecified atom stereocenters. The van der Waals surface area contributed by atoms with Crippen LogP contribution < -0.4 is 10.2 Å². The van der Waals surface area contributed by atoms with Crippen LogP contribution in [-0.4, -0.2) is 47.0 Å². The Morgan fingerprint density at radius 2 is 1.63 bits per heavy atom. The first kappa shape index (κ1) is 19.8. The van der Waals surface area contributed by atoms with Crippen molar-refractivity contribution in [1.29, 1.82) is 0 Å². The number of benzene rings is 2. The molecule has 3 aromatic rings. The summed E-state index contributed by atoms with van der Waals surface area (Å²) in [4.78, 5) is 25.6. The van der Waals surface area contributed by atoms with E-state index in [2.05, 4.69) is 15.3 Å². The zero-order valence-corrected chi connectivity index (χ0v) is 17.1. The summed E-state index contributed by atoms with van der Waals surface area (Å²) < 4.78 is 14.0. The Morgan fingerprint density at radius 3 is 2.33 bits per heavy atom. The van der Waals surface area contributed by atoms with E-state index in [9.17, 15) is 9.18 Å². The summed E-state index contributed by atoms with van der Waals surface area (Å²) in [6, 6.07) is 16.0. The molecule has 0 spiro atoms. The van der Waals surface area contributed by atoms with Crippen LogP contribution in [0.5, 0.6) is 0 Å². The Labute approximate surface area is 175 Å². The third-order valence-corrected chi connectivity index (χ3v) is 5.11. The van der Waals surface area contributed by atoms with E-state index in [0.29, 0.717) is 43.4 Å². The zero-order valence-electron chi connectivity index (χ0n) is 17.1. The van der Waals surface area contributed by atoms with Gasteiger partial charge >= 0.3 is 0 Å². The average Bonchev–Trinajstić information content (AvgIpc) is 2.73. The van der Waals surface area contributed by atoms with E-state index >= 15 is 0 Å². The highest BCUT2D eigenvalue weighted by Gasteiger charge is 2.23. The number of amides is 1. The van der Waals surface area contributed by atoms with E-state index in [1.807, 2.05) is 54.0 Å². The number of nitrogens with one attached hydrogen (secondary N) is 1. The van der Waals surface area contributed by atoms with Gasteiger partial charge in [0.1, 0.15) is 5.82 Å². The van der Waals surface area contributed by atoms with E-state index in [-0.39, 0.29) is 11.7 Å². The fraction of sp³-hybridized carbons (Fsp3) is 0.261. The Morgan fingerprint density at radius 1 is 0.933 bits per heavy atom. The van der Waals surface area contributed by atoms with Crippen LogP contribution in [-0.2, 0) is 0 Å². The van der Waals surface area contributed by atoms with Gasteiger partial charge in [0, 0.05) is 48.8 Å². The molecule has 30 heavy (non-hydrogen) atoms. The lowest BCUT2D eigenvalue weighted by Gasteiger charge is -2.36. The number of aromatic nitrogens is 2. The minimum Gasteiger partial charge on any atom is -0.366 e. The Hall–Kier alpha value is -3.48. The SMILES string of the molecule is Cc1cc(C)nc(Nc2cccc(C(=O)N3CCN(c4ccccc4F)CC3)c2)n1. The van der Waals surface area contributed by atoms with E-state index < -0.39 is 0 Å². The highest BCUT2D eigenvalue weighted by atomic mass is 19.1. The van der Waals surface area contributed by atoms with E-state index in [1.165, 1.54) is 6.07 Å².